The van der Waals surface area contributed by atoms with Crippen molar-refractivity contribution in [1.29, 1.82) is 0 Å². The van der Waals surface area contributed by atoms with Crippen LogP contribution in [0.15, 0.2) is 48.5 Å². The van der Waals surface area contributed by atoms with Gasteiger partial charge in [0.05, 0.1) is 0 Å². The molecule has 1 aromatic carbocycles. The van der Waals surface area contributed by atoms with E-state index in [1.54, 1.807) is 0 Å². The minimum absolute atomic E-state index is 0.336. The van der Waals surface area contributed by atoms with Crippen LogP contribution in [-0.2, 0) is 6.42 Å². The molecule has 0 aliphatic carbocycles. The van der Waals surface area contributed by atoms with E-state index in [0.29, 0.717) is 4.83 Å². The van der Waals surface area contributed by atoms with Gasteiger partial charge < -0.3 is 0 Å². The van der Waals surface area contributed by atoms with Crippen LogP contribution in [0.4, 0.5) is 0 Å². The number of hydrogen-bond donors (Lipinski definition) is 0. The molecule has 16 heavy (non-hydrogen) atoms. The van der Waals surface area contributed by atoms with Gasteiger partial charge in [-0.25, -0.2) is 0 Å². The van der Waals surface area contributed by atoms with Gasteiger partial charge in [-0.05, 0) is 24.6 Å². The van der Waals surface area contributed by atoms with E-state index < -0.39 is 0 Å². The fourth-order valence-corrected chi connectivity index (χ4v) is 2.31. The predicted molar refractivity (Wildman–Crippen MR) is 70.8 cm³/mol. The van der Waals surface area contributed by atoms with E-state index in [0.717, 1.165) is 17.8 Å². The fourth-order valence-electron chi connectivity index (χ4n) is 1.68. The first-order chi connectivity index (χ1) is 7.75. The van der Waals surface area contributed by atoms with Crippen molar-refractivity contribution in [2.45, 2.75) is 18.2 Å². The van der Waals surface area contributed by atoms with E-state index in [2.05, 4.69) is 57.3 Å². The molecule has 0 aliphatic rings. The summed E-state index contributed by atoms with van der Waals surface area (Å²) in [6, 6.07) is 16.6. The molecule has 2 rings (SSSR count). The monoisotopic (exact) mass is 275 g/mol. The van der Waals surface area contributed by atoms with Crippen LogP contribution in [0.5, 0.6) is 0 Å². The smallest absolute Gasteiger partial charge is 0.0450 e. The second-order valence-corrected chi connectivity index (χ2v) is 4.96. The van der Waals surface area contributed by atoms with Gasteiger partial charge in [-0.15, -0.1) is 0 Å². The molecule has 1 heterocycles. The Balaban J connectivity index is 2.11. The number of hydrogen-bond acceptors (Lipinski definition) is 1. The molecule has 0 bridgehead atoms. The molecular weight excluding hydrogens is 262 g/mol. The Bertz CT molecular complexity index is 453. The second-order valence-electron chi connectivity index (χ2n) is 3.85. The quantitative estimate of drug-likeness (QED) is 0.770. The Hall–Kier alpha value is -1.15. The Morgan fingerprint density at radius 1 is 1.06 bits per heavy atom. The highest BCUT2D eigenvalue weighted by atomic mass is 79.9. The van der Waals surface area contributed by atoms with Crippen LogP contribution in [0.2, 0.25) is 0 Å². The first-order valence-electron chi connectivity index (χ1n) is 5.37. The maximum atomic E-state index is 4.51. The third-order valence-corrected chi connectivity index (χ3v) is 3.35. The van der Waals surface area contributed by atoms with Crippen molar-refractivity contribution >= 4 is 15.9 Å². The summed E-state index contributed by atoms with van der Waals surface area (Å²) in [5, 5.41) is 0. The van der Waals surface area contributed by atoms with Gasteiger partial charge >= 0.3 is 0 Å². The van der Waals surface area contributed by atoms with Crippen molar-refractivity contribution in [2.24, 2.45) is 0 Å². The summed E-state index contributed by atoms with van der Waals surface area (Å²) in [5.74, 6) is 0. The molecule has 82 valence electrons. The Morgan fingerprint density at radius 2 is 1.81 bits per heavy atom. The molecule has 0 aliphatic heterocycles. The molecular formula is C14H14BrN. The highest BCUT2D eigenvalue weighted by molar-refractivity contribution is 9.09. The average molecular weight is 276 g/mol. The van der Waals surface area contributed by atoms with Gasteiger partial charge in [0, 0.05) is 22.6 Å². The number of halogens is 1. The predicted octanol–water partition coefficient (Wildman–Crippen LogP) is 4.07. The highest BCUT2D eigenvalue weighted by Crippen LogP contribution is 2.25. The van der Waals surface area contributed by atoms with Crippen LogP contribution < -0.4 is 0 Å². The number of alkyl halides is 1. The molecule has 0 saturated carbocycles. The zero-order valence-electron chi connectivity index (χ0n) is 9.23. The Labute approximate surface area is 105 Å². The van der Waals surface area contributed by atoms with Gasteiger partial charge in [0.15, 0.2) is 0 Å². The molecule has 0 radical (unpaired) electrons. The van der Waals surface area contributed by atoms with Crippen molar-refractivity contribution in [3.8, 4) is 0 Å². The molecule has 2 heteroatoms. The molecule has 0 amide bonds. The lowest BCUT2D eigenvalue weighted by atomic mass is 10.1. The summed E-state index contributed by atoms with van der Waals surface area (Å²) < 4.78 is 0. The highest BCUT2D eigenvalue weighted by Gasteiger charge is 2.08. The maximum Gasteiger partial charge on any atom is 0.0450 e. The van der Waals surface area contributed by atoms with Gasteiger partial charge in [0.2, 0.25) is 0 Å². The van der Waals surface area contributed by atoms with Crippen LogP contribution in [-0.4, -0.2) is 4.98 Å². The molecule has 1 atom stereocenters. The number of nitrogens with zero attached hydrogens (tertiary/aromatic N) is 1. The number of pyridine rings is 1. The van der Waals surface area contributed by atoms with Gasteiger partial charge in [0.25, 0.3) is 0 Å². The van der Waals surface area contributed by atoms with Crippen molar-refractivity contribution in [1.82, 2.24) is 4.98 Å². The SMILES string of the molecule is Cc1cccc(CC(Br)c2ccccc2)n1. The Morgan fingerprint density at radius 3 is 2.50 bits per heavy atom. The number of rotatable bonds is 3. The van der Waals surface area contributed by atoms with Crippen molar-refractivity contribution < 1.29 is 0 Å². The number of benzene rings is 1. The topological polar surface area (TPSA) is 12.9 Å². The molecule has 1 unspecified atom stereocenters. The third-order valence-electron chi connectivity index (χ3n) is 2.50. The Kier molecular flexibility index (Phi) is 3.73. The summed E-state index contributed by atoms with van der Waals surface area (Å²) in [7, 11) is 0. The van der Waals surface area contributed by atoms with E-state index in [1.807, 2.05) is 19.1 Å². The molecule has 0 N–H and O–H groups in total. The lowest BCUT2D eigenvalue weighted by Gasteiger charge is -2.09. The molecule has 0 spiro atoms. The van der Waals surface area contributed by atoms with E-state index >= 15 is 0 Å². The molecule has 0 fully saturated rings. The zero-order chi connectivity index (χ0) is 11.4. The average Bonchev–Trinajstić information content (AvgIpc) is 2.30. The van der Waals surface area contributed by atoms with E-state index in [9.17, 15) is 0 Å². The summed E-state index contributed by atoms with van der Waals surface area (Å²) >= 11 is 3.71. The summed E-state index contributed by atoms with van der Waals surface area (Å²) in [6.45, 7) is 2.02. The second kappa shape index (κ2) is 5.26. The van der Waals surface area contributed by atoms with Gasteiger partial charge in [-0.1, -0.05) is 52.3 Å². The standard InChI is InChI=1S/C14H14BrN/c1-11-6-5-9-13(16-11)10-14(15)12-7-3-2-4-8-12/h2-9,14H,10H2,1H3. The van der Waals surface area contributed by atoms with E-state index in [1.165, 1.54) is 5.56 Å². The largest absolute Gasteiger partial charge is 0.258 e. The van der Waals surface area contributed by atoms with Crippen molar-refractivity contribution in [3.63, 3.8) is 0 Å². The van der Waals surface area contributed by atoms with Crippen LogP contribution in [0.25, 0.3) is 0 Å². The molecule has 2 aromatic rings. The first-order valence-corrected chi connectivity index (χ1v) is 6.29. The normalized spacial score (nSPS) is 12.4. The minimum atomic E-state index is 0.336. The summed E-state index contributed by atoms with van der Waals surface area (Å²) in [5.41, 5.74) is 3.50. The fraction of sp³-hybridized carbons (Fsp3) is 0.214. The lowest BCUT2D eigenvalue weighted by Crippen LogP contribution is -1.98. The summed E-state index contributed by atoms with van der Waals surface area (Å²) in [6.07, 6.45) is 0.922. The van der Waals surface area contributed by atoms with Crippen LogP contribution >= 0.6 is 15.9 Å². The zero-order valence-corrected chi connectivity index (χ0v) is 10.8. The molecule has 1 aromatic heterocycles. The van der Waals surface area contributed by atoms with Gasteiger partial charge in [-0.2, -0.15) is 0 Å². The third kappa shape index (κ3) is 2.92. The van der Waals surface area contributed by atoms with Gasteiger partial charge in [-0.3, -0.25) is 4.98 Å². The minimum Gasteiger partial charge on any atom is -0.258 e. The van der Waals surface area contributed by atoms with Gasteiger partial charge in [0.1, 0.15) is 0 Å². The summed E-state index contributed by atoms with van der Waals surface area (Å²) in [4.78, 5) is 4.84. The number of aryl methyl sites for hydroxylation is 1. The van der Waals surface area contributed by atoms with Crippen LogP contribution in [0.3, 0.4) is 0 Å². The van der Waals surface area contributed by atoms with E-state index in [-0.39, 0.29) is 0 Å². The maximum absolute atomic E-state index is 4.51. The first kappa shape index (κ1) is 11.3. The lowest BCUT2D eigenvalue weighted by molar-refractivity contribution is 0.895. The van der Waals surface area contributed by atoms with Crippen molar-refractivity contribution in [3.05, 3.63) is 65.5 Å². The molecule has 1 nitrogen and oxygen atoms in total. The van der Waals surface area contributed by atoms with Crippen LogP contribution in [0, 0.1) is 6.92 Å². The van der Waals surface area contributed by atoms with E-state index in [4.69, 9.17) is 0 Å². The number of aromatic nitrogens is 1. The van der Waals surface area contributed by atoms with Crippen LogP contribution in [0.1, 0.15) is 21.8 Å². The van der Waals surface area contributed by atoms with Crippen molar-refractivity contribution in [2.75, 3.05) is 0 Å². The molecule has 0 saturated heterocycles.